The number of nitrogens with two attached hydrogens (primary N) is 1. The maximum absolute atomic E-state index is 12.2. The van der Waals surface area contributed by atoms with E-state index in [0.717, 1.165) is 25.3 Å². The fraction of sp³-hybridized carbons (Fsp3) is 0.455. The van der Waals surface area contributed by atoms with Gasteiger partial charge in [0.15, 0.2) is 0 Å². The van der Waals surface area contributed by atoms with E-state index in [2.05, 4.69) is 4.74 Å². The fourth-order valence-electron chi connectivity index (χ4n) is 1.55. The number of ether oxygens (including phenoxy) is 2. The minimum Gasteiger partial charge on any atom is -0.496 e. The van der Waals surface area contributed by atoms with Crippen LogP contribution in [0.15, 0.2) is 18.2 Å². The van der Waals surface area contributed by atoms with Crippen LogP contribution < -0.4 is 15.2 Å². The van der Waals surface area contributed by atoms with Crippen LogP contribution in [0.5, 0.6) is 11.5 Å². The Morgan fingerprint density at radius 2 is 1.71 bits per heavy atom. The Balaban J connectivity index is 0.00000400. The van der Waals surface area contributed by atoms with Gasteiger partial charge in [0.25, 0.3) is 0 Å². The van der Waals surface area contributed by atoms with Gasteiger partial charge in [0.1, 0.15) is 11.5 Å². The second-order valence-corrected chi connectivity index (χ2v) is 3.88. The molecule has 0 aliphatic heterocycles. The molecule has 0 aromatic heterocycles. The Kier molecular flexibility index (Phi) is 6.62. The zero-order chi connectivity index (χ0) is 15.6. The highest BCUT2D eigenvalue weighted by Gasteiger charge is 2.33. The molecule has 0 radical (unpaired) electrons. The molecular formula is C11H12ClF6NO2. The molecule has 2 N–H and O–H groups in total. The van der Waals surface area contributed by atoms with Gasteiger partial charge in [0.05, 0.1) is 13.5 Å². The lowest BCUT2D eigenvalue weighted by Crippen LogP contribution is -2.21. The monoisotopic (exact) mass is 339 g/mol. The summed E-state index contributed by atoms with van der Waals surface area (Å²) in [6.07, 6.45) is -10.7. The van der Waals surface area contributed by atoms with E-state index >= 15 is 0 Å². The molecule has 0 aliphatic rings. The summed E-state index contributed by atoms with van der Waals surface area (Å²) in [4.78, 5) is 0. The lowest BCUT2D eigenvalue weighted by molar-refractivity contribution is -0.274. The standard InChI is InChI=1S/C11H11F6NO2.ClH/c1-19-9-4-6(20-11(15,16)17)2-3-7(9)8(18)5-10(12,13)14;/h2-4,8H,5,18H2,1H3;1H/t8-;/m1./s1. The quantitative estimate of drug-likeness (QED) is 0.844. The molecular weight excluding hydrogens is 328 g/mol. The summed E-state index contributed by atoms with van der Waals surface area (Å²) in [5, 5.41) is 0. The molecule has 10 heteroatoms. The summed E-state index contributed by atoms with van der Waals surface area (Å²) < 4.78 is 81.1. The summed E-state index contributed by atoms with van der Waals surface area (Å²) in [5.74, 6) is -0.805. The fourth-order valence-corrected chi connectivity index (χ4v) is 1.55. The third-order valence-corrected chi connectivity index (χ3v) is 2.29. The molecule has 0 heterocycles. The molecule has 0 bridgehead atoms. The first-order valence-corrected chi connectivity index (χ1v) is 5.28. The number of methoxy groups -OCH3 is 1. The average Bonchev–Trinajstić information content (AvgIpc) is 2.24. The topological polar surface area (TPSA) is 44.5 Å². The van der Waals surface area contributed by atoms with Crippen molar-refractivity contribution in [2.45, 2.75) is 25.0 Å². The molecule has 122 valence electrons. The van der Waals surface area contributed by atoms with E-state index in [1.54, 1.807) is 0 Å². The van der Waals surface area contributed by atoms with Gasteiger partial charge in [-0.15, -0.1) is 25.6 Å². The summed E-state index contributed by atoms with van der Waals surface area (Å²) in [6, 6.07) is 1.28. The van der Waals surface area contributed by atoms with Crippen LogP contribution in [0.4, 0.5) is 26.3 Å². The summed E-state index contributed by atoms with van der Waals surface area (Å²) >= 11 is 0. The maximum Gasteiger partial charge on any atom is 0.573 e. The molecule has 0 fully saturated rings. The second kappa shape index (κ2) is 7.08. The van der Waals surface area contributed by atoms with Crippen molar-refractivity contribution in [3.05, 3.63) is 23.8 Å². The minimum absolute atomic E-state index is 0. The molecule has 1 atom stereocenters. The van der Waals surface area contributed by atoms with Crippen LogP contribution >= 0.6 is 12.4 Å². The Morgan fingerprint density at radius 1 is 1.14 bits per heavy atom. The molecule has 0 amide bonds. The number of rotatable bonds is 4. The molecule has 0 aliphatic carbocycles. The average molecular weight is 340 g/mol. The normalized spacial score (nSPS) is 13.3. The van der Waals surface area contributed by atoms with Gasteiger partial charge in [-0.1, -0.05) is 6.07 Å². The second-order valence-electron chi connectivity index (χ2n) is 3.88. The highest BCUT2D eigenvalue weighted by atomic mass is 35.5. The van der Waals surface area contributed by atoms with Crippen molar-refractivity contribution in [3.8, 4) is 11.5 Å². The van der Waals surface area contributed by atoms with Gasteiger partial charge in [0.2, 0.25) is 0 Å². The van der Waals surface area contributed by atoms with E-state index in [-0.39, 0.29) is 23.7 Å². The molecule has 0 spiro atoms. The number of halogens is 7. The van der Waals surface area contributed by atoms with Crippen molar-refractivity contribution in [3.63, 3.8) is 0 Å². The Labute approximate surface area is 122 Å². The maximum atomic E-state index is 12.2. The summed E-state index contributed by atoms with van der Waals surface area (Å²) in [7, 11) is 1.11. The van der Waals surface area contributed by atoms with Crippen LogP contribution in [0.2, 0.25) is 0 Å². The van der Waals surface area contributed by atoms with Crippen molar-refractivity contribution in [2.75, 3.05) is 7.11 Å². The lowest BCUT2D eigenvalue weighted by atomic mass is 10.0. The van der Waals surface area contributed by atoms with E-state index in [1.807, 2.05) is 0 Å². The number of benzene rings is 1. The van der Waals surface area contributed by atoms with Crippen LogP contribution in [-0.2, 0) is 0 Å². The Bertz CT molecular complexity index is 463. The van der Waals surface area contributed by atoms with Crippen LogP contribution in [0.25, 0.3) is 0 Å². The van der Waals surface area contributed by atoms with Crippen LogP contribution in [0.3, 0.4) is 0 Å². The van der Waals surface area contributed by atoms with Gasteiger partial charge in [0, 0.05) is 17.7 Å². The Morgan fingerprint density at radius 3 is 2.14 bits per heavy atom. The third-order valence-electron chi connectivity index (χ3n) is 2.29. The van der Waals surface area contributed by atoms with Gasteiger partial charge in [-0.3, -0.25) is 0 Å². The predicted octanol–water partition coefficient (Wildman–Crippen LogP) is 3.97. The third kappa shape index (κ3) is 6.76. The van der Waals surface area contributed by atoms with Crippen LogP contribution in [0, 0.1) is 0 Å². The molecule has 1 aromatic carbocycles. The SMILES string of the molecule is COc1cc(OC(F)(F)F)ccc1[C@H](N)CC(F)(F)F.Cl. The van der Waals surface area contributed by atoms with E-state index in [0.29, 0.717) is 0 Å². The summed E-state index contributed by atoms with van der Waals surface area (Å²) in [6.45, 7) is 0. The van der Waals surface area contributed by atoms with Crippen LogP contribution in [0.1, 0.15) is 18.0 Å². The van der Waals surface area contributed by atoms with Gasteiger partial charge in [-0.25, -0.2) is 0 Å². The minimum atomic E-state index is -4.90. The number of hydrogen-bond acceptors (Lipinski definition) is 3. The van der Waals surface area contributed by atoms with E-state index in [1.165, 1.54) is 0 Å². The number of alkyl halides is 6. The smallest absolute Gasteiger partial charge is 0.496 e. The molecule has 3 nitrogen and oxygen atoms in total. The first-order valence-electron chi connectivity index (χ1n) is 5.28. The largest absolute Gasteiger partial charge is 0.573 e. The molecule has 1 aromatic rings. The Hall–Kier alpha value is -1.35. The van der Waals surface area contributed by atoms with E-state index < -0.39 is 30.8 Å². The van der Waals surface area contributed by atoms with E-state index in [9.17, 15) is 26.3 Å². The van der Waals surface area contributed by atoms with Crippen molar-refractivity contribution in [2.24, 2.45) is 5.73 Å². The molecule has 0 saturated carbocycles. The van der Waals surface area contributed by atoms with Gasteiger partial charge < -0.3 is 15.2 Å². The van der Waals surface area contributed by atoms with Crippen molar-refractivity contribution < 1.29 is 35.8 Å². The van der Waals surface area contributed by atoms with E-state index in [4.69, 9.17) is 10.5 Å². The predicted molar refractivity (Wildman–Crippen MR) is 64.5 cm³/mol. The molecule has 1 rings (SSSR count). The highest BCUT2D eigenvalue weighted by molar-refractivity contribution is 5.85. The van der Waals surface area contributed by atoms with Crippen molar-refractivity contribution >= 4 is 12.4 Å². The van der Waals surface area contributed by atoms with Crippen LogP contribution in [-0.4, -0.2) is 19.6 Å². The van der Waals surface area contributed by atoms with Gasteiger partial charge in [-0.2, -0.15) is 13.2 Å². The first-order chi connectivity index (χ1) is 9.02. The van der Waals surface area contributed by atoms with Crippen molar-refractivity contribution in [1.82, 2.24) is 0 Å². The number of hydrogen-bond donors (Lipinski definition) is 1. The van der Waals surface area contributed by atoms with Crippen molar-refractivity contribution in [1.29, 1.82) is 0 Å². The molecule has 0 unspecified atom stereocenters. The van der Waals surface area contributed by atoms with Gasteiger partial charge >= 0.3 is 12.5 Å². The summed E-state index contributed by atoms with van der Waals surface area (Å²) in [5.41, 5.74) is 5.32. The zero-order valence-electron chi connectivity index (χ0n) is 10.6. The molecule has 0 saturated heterocycles. The lowest BCUT2D eigenvalue weighted by Gasteiger charge is -2.18. The molecule has 21 heavy (non-hydrogen) atoms. The first kappa shape index (κ1) is 19.7. The zero-order valence-corrected chi connectivity index (χ0v) is 11.4. The highest BCUT2D eigenvalue weighted by Crippen LogP contribution is 2.35. The van der Waals surface area contributed by atoms with Gasteiger partial charge in [-0.05, 0) is 6.07 Å².